The van der Waals surface area contributed by atoms with Crippen molar-refractivity contribution in [1.82, 2.24) is 4.90 Å². The molecule has 3 aliphatic heterocycles. The highest BCUT2D eigenvalue weighted by molar-refractivity contribution is 8.14. The Hall–Kier alpha value is 0.0769. The van der Waals surface area contributed by atoms with Gasteiger partial charge >= 0.3 is 8.80 Å². The SMILES string of the molecule is CC(=O)SC[Si]12OCCN(CCO1)CCO2. The van der Waals surface area contributed by atoms with Crippen molar-refractivity contribution in [3.63, 3.8) is 0 Å². The van der Waals surface area contributed by atoms with Gasteiger partial charge in [-0.05, 0) is 0 Å². The molecule has 16 heavy (non-hydrogen) atoms. The highest BCUT2D eigenvalue weighted by Crippen LogP contribution is 2.20. The summed E-state index contributed by atoms with van der Waals surface area (Å²) in [6.45, 7) is 6.30. The highest BCUT2D eigenvalue weighted by Gasteiger charge is 2.44. The summed E-state index contributed by atoms with van der Waals surface area (Å²) in [7, 11) is -2.57. The minimum atomic E-state index is -2.57. The van der Waals surface area contributed by atoms with Gasteiger partial charge in [-0.1, -0.05) is 11.8 Å². The molecule has 5 nitrogen and oxygen atoms in total. The summed E-state index contributed by atoms with van der Waals surface area (Å²) in [5.74, 6) is 0. The van der Waals surface area contributed by atoms with Crippen LogP contribution in [0.15, 0.2) is 0 Å². The molecular weight excluding hydrogens is 246 g/mol. The number of hydrogen-bond acceptors (Lipinski definition) is 6. The number of carbonyl (C=O) groups excluding carboxylic acids is 1. The summed E-state index contributed by atoms with van der Waals surface area (Å²) >= 11 is 1.24. The fraction of sp³-hybridized carbons (Fsp3) is 0.889. The standard InChI is InChI=1S/C9H17NO4SSi/c1-9(11)15-8-16-12-5-2-10(3-6-13-16)4-7-14-16/h2-8H2,1H3. The summed E-state index contributed by atoms with van der Waals surface area (Å²) < 4.78 is 17.3. The second-order valence-electron chi connectivity index (χ2n) is 3.85. The Kier molecular flexibility index (Phi) is 4.39. The molecule has 0 aliphatic carbocycles. The van der Waals surface area contributed by atoms with Crippen LogP contribution < -0.4 is 0 Å². The average Bonchev–Trinajstić information content (AvgIpc) is 2.13. The Labute approximate surface area is 101 Å². The van der Waals surface area contributed by atoms with Gasteiger partial charge in [0, 0.05) is 26.6 Å². The number of thioether (sulfide) groups is 1. The van der Waals surface area contributed by atoms with Crippen LogP contribution in [-0.2, 0) is 18.1 Å². The van der Waals surface area contributed by atoms with Crippen molar-refractivity contribution >= 4 is 25.7 Å². The first-order valence-corrected chi connectivity index (χ1v) is 8.40. The maximum Gasteiger partial charge on any atom is 0.512 e. The van der Waals surface area contributed by atoms with E-state index in [2.05, 4.69) is 4.90 Å². The molecule has 0 N–H and O–H groups in total. The van der Waals surface area contributed by atoms with Gasteiger partial charge < -0.3 is 13.3 Å². The predicted molar refractivity (Wildman–Crippen MR) is 63.2 cm³/mol. The third-order valence-corrected chi connectivity index (χ3v) is 6.97. The van der Waals surface area contributed by atoms with Gasteiger partial charge in [0.1, 0.15) is 0 Å². The van der Waals surface area contributed by atoms with Crippen LogP contribution in [0.1, 0.15) is 6.92 Å². The van der Waals surface area contributed by atoms with E-state index in [0.29, 0.717) is 25.2 Å². The molecule has 0 radical (unpaired) electrons. The fourth-order valence-corrected chi connectivity index (χ4v) is 5.74. The summed E-state index contributed by atoms with van der Waals surface area (Å²) in [6, 6.07) is 0. The van der Waals surface area contributed by atoms with Gasteiger partial charge in [0.15, 0.2) is 5.12 Å². The van der Waals surface area contributed by atoms with Gasteiger partial charge in [-0.2, -0.15) is 0 Å². The molecule has 0 amide bonds. The molecule has 0 aromatic rings. The predicted octanol–water partition coefficient (Wildman–Crippen LogP) is 0.123. The lowest BCUT2D eigenvalue weighted by atomic mass is 10.4. The molecule has 3 rings (SSSR count). The second-order valence-corrected chi connectivity index (χ2v) is 8.10. The van der Waals surface area contributed by atoms with E-state index in [-0.39, 0.29) is 5.12 Å². The molecule has 0 aromatic carbocycles. The molecule has 3 heterocycles. The van der Waals surface area contributed by atoms with E-state index in [1.807, 2.05) is 0 Å². The van der Waals surface area contributed by atoms with E-state index < -0.39 is 8.80 Å². The Balaban J connectivity index is 1.99. The first-order valence-electron chi connectivity index (χ1n) is 5.48. The van der Waals surface area contributed by atoms with Crippen LogP contribution in [0.5, 0.6) is 0 Å². The lowest BCUT2D eigenvalue weighted by Crippen LogP contribution is -2.57. The Morgan fingerprint density at radius 2 is 1.69 bits per heavy atom. The molecule has 92 valence electrons. The van der Waals surface area contributed by atoms with E-state index in [1.54, 1.807) is 6.92 Å². The molecule has 7 heteroatoms. The Bertz CT molecular complexity index is 239. The fourth-order valence-electron chi connectivity index (χ4n) is 1.77. The van der Waals surface area contributed by atoms with E-state index in [0.717, 1.165) is 19.6 Å². The monoisotopic (exact) mass is 263 g/mol. The van der Waals surface area contributed by atoms with E-state index >= 15 is 0 Å². The zero-order valence-corrected chi connectivity index (χ0v) is 11.3. The van der Waals surface area contributed by atoms with Crippen LogP contribution in [0.4, 0.5) is 0 Å². The number of carbonyl (C=O) groups is 1. The minimum absolute atomic E-state index is 0.0865. The summed E-state index contributed by atoms with van der Waals surface area (Å²) in [6.07, 6.45) is 0. The first kappa shape index (κ1) is 12.5. The highest BCUT2D eigenvalue weighted by atomic mass is 32.2. The smallest absolute Gasteiger partial charge is 0.372 e. The maximum absolute atomic E-state index is 11.0. The molecule has 0 spiro atoms. The van der Waals surface area contributed by atoms with Gasteiger partial charge in [0.25, 0.3) is 0 Å². The molecule has 0 saturated carbocycles. The molecule has 2 bridgehead atoms. The lowest BCUT2D eigenvalue weighted by Gasteiger charge is -2.37. The van der Waals surface area contributed by atoms with E-state index in [9.17, 15) is 4.79 Å². The first-order chi connectivity index (χ1) is 7.70. The zero-order chi connectivity index (χ0) is 11.4. The van der Waals surface area contributed by atoms with Crippen molar-refractivity contribution in [2.45, 2.75) is 6.92 Å². The number of rotatable bonds is 2. The molecule has 3 fully saturated rings. The summed E-state index contributed by atoms with van der Waals surface area (Å²) in [4.78, 5) is 13.3. The third-order valence-electron chi connectivity index (χ3n) is 2.64. The normalized spacial score (nSPS) is 35.2. The maximum atomic E-state index is 11.0. The van der Waals surface area contributed by atoms with Crippen molar-refractivity contribution in [1.29, 1.82) is 0 Å². The number of hydrogen-bond donors (Lipinski definition) is 0. The number of fused-ring (bicyclic) bond motifs is 6. The second kappa shape index (κ2) is 5.61. The molecule has 0 atom stereocenters. The Morgan fingerprint density at radius 1 is 1.19 bits per heavy atom. The zero-order valence-electron chi connectivity index (χ0n) is 9.44. The topological polar surface area (TPSA) is 48.0 Å². The summed E-state index contributed by atoms with van der Waals surface area (Å²) in [5, 5.41) is 0.630. The van der Waals surface area contributed by atoms with Gasteiger partial charge in [0.2, 0.25) is 0 Å². The van der Waals surface area contributed by atoms with Crippen LogP contribution >= 0.6 is 11.8 Å². The van der Waals surface area contributed by atoms with Crippen LogP contribution in [0, 0.1) is 0 Å². The van der Waals surface area contributed by atoms with Crippen LogP contribution in [0.3, 0.4) is 0 Å². The molecule has 3 aliphatic rings. The largest absolute Gasteiger partial charge is 0.512 e. The Morgan fingerprint density at radius 3 is 2.12 bits per heavy atom. The van der Waals surface area contributed by atoms with Crippen molar-refractivity contribution < 1.29 is 18.1 Å². The van der Waals surface area contributed by atoms with Gasteiger partial charge in [-0.3, -0.25) is 9.69 Å². The van der Waals surface area contributed by atoms with Crippen molar-refractivity contribution in [2.24, 2.45) is 0 Å². The van der Waals surface area contributed by atoms with Crippen molar-refractivity contribution in [3.05, 3.63) is 0 Å². The molecule has 0 aromatic heterocycles. The molecule has 0 unspecified atom stereocenters. The lowest BCUT2D eigenvalue weighted by molar-refractivity contribution is -0.109. The molecule has 3 saturated heterocycles. The van der Waals surface area contributed by atoms with E-state index in [1.165, 1.54) is 11.8 Å². The quantitative estimate of drug-likeness (QED) is 0.660. The van der Waals surface area contributed by atoms with Gasteiger partial charge in [0.05, 0.1) is 25.2 Å². The summed E-state index contributed by atoms with van der Waals surface area (Å²) in [5.41, 5.74) is 0. The average molecular weight is 263 g/mol. The van der Waals surface area contributed by atoms with Crippen LogP contribution in [0.2, 0.25) is 0 Å². The molecular formula is C9H17NO4SSi. The van der Waals surface area contributed by atoms with Gasteiger partial charge in [-0.15, -0.1) is 0 Å². The minimum Gasteiger partial charge on any atom is -0.372 e. The van der Waals surface area contributed by atoms with E-state index in [4.69, 9.17) is 13.3 Å². The number of nitrogens with zero attached hydrogens (tertiary/aromatic N) is 1. The van der Waals surface area contributed by atoms with Crippen molar-refractivity contribution in [2.75, 3.05) is 44.8 Å². The van der Waals surface area contributed by atoms with Crippen molar-refractivity contribution in [3.8, 4) is 0 Å². The third kappa shape index (κ3) is 3.28. The van der Waals surface area contributed by atoms with Crippen LogP contribution in [-0.4, -0.2) is 63.7 Å². The van der Waals surface area contributed by atoms with Gasteiger partial charge in [-0.25, -0.2) is 0 Å². The van der Waals surface area contributed by atoms with Crippen LogP contribution in [0.25, 0.3) is 0 Å².